The maximum atomic E-state index is 12.0. The van der Waals surface area contributed by atoms with Gasteiger partial charge in [-0.1, -0.05) is 0 Å². The average molecular weight is 313 g/mol. The van der Waals surface area contributed by atoms with Crippen LogP contribution in [0.3, 0.4) is 0 Å². The van der Waals surface area contributed by atoms with Crippen molar-refractivity contribution in [3.63, 3.8) is 0 Å². The summed E-state index contributed by atoms with van der Waals surface area (Å²) in [6.07, 6.45) is 1.52. The van der Waals surface area contributed by atoms with Gasteiger partial charge in [0.05, 0.1) is 25.2 Å². The second-order valence-corrected chi connectivity index (χ2v) is 6.11. The van der Waals surface area contributed by atoms with Crippen LogP contribution in [0.5, 0.6) is 0 Å². The first-order chi connectivity index (χ1) is 10.5. The van der Waals surface area contributed by atoms with Gasteiger partial charge in [-0.3, -0.25) is 4.79 Å². The number of piperidine rings is 3. The van der Waals surface area contributed by atoms with Crippen LogP contribution in [-0.4, -0.2) is 61.4 Å². The molecule has 2 atom stereocenters. The molecule has 2 bridgehead atoms. The Labute approximate surface area is 132 Å². The van der Waals surface area contributed by atoms with Crippen LogP contribution in [0.25, 0.3) is 0 Å². The largest absolute Gasteiger partial charge is 0.466 e. The first-order valence-corrected chi connectivity index (χ1v) is 8.23. The van der Waals surface area contributed by atoms with Crippen LogP contribution in [0.2, 0.25) is 0 Å². The van der Waals surface area contributed by atoms with Gasteiger partial charge < -0.3 is 19.1 Å². The van der Waals surface area contributed by atoms with Crippen LogP contribution in [0.15, 0.2) is 0 Å². The van der Waals surface area contributed by atoms with Gasteiger partial charge in [0, 0.05) is 6.54 Å². The number of carbonyl (C=O) groups excluding carboxylic acids is 2. The summed E-state index contributed by atoms with van der Waals surface area (Å²) in [5, 5.41) is 0. The molecule has 0 aliphatic carbocycles. The molecule has 0 radical (unpaired) electrons. The van der Waals surface area contributed by atoms with Gasteiger partial charge in [0.2, 0.25) is 0 Å². The molecule has 0 saturated carbocycles. The summed E-state index contributed by atoms with van der Waals surface area (Å²) in [7, 11) is 0. The third-order valence-electron chi connectivity index (χ3n) is 4.60. The molecule has 0 amide bonds. The molecule has 22 heavy (non-hydrogen) atoms. The number of esters is 2. The monoisotopic (exact) mass is 313 g/mol. The zero-order valence-electron chi connectivity index (χ0n) is 13.8. The lowest BCUT2D eigenvalue weighted by Gasteiger charge is -2.53. The van der Waals surface area contributed by atoms with E-state index in [4.69, 9.17) is 14.2 Å². The summed E-state index contributed by atoms with van der Waals surface area (Å²) in [6, 6.07) is 0. The third-order valence-corrected chi connectivity index (χ3v) is 4.60. The van der Waals surface area contributed by atoms with Gasteiger partial charge in [-0.25, -0.2) is 4.79 Å². The Morgan fingerprint density at radius 2 is 1.82 bits per heavy atom. The van der Waals surface area contributed by atoms with Gasteiger partial charge >= 0.3 is 11.9 Å². The van der Waals surface area contributed by atoms with E-state index in [1.165, 1.54) is 0 Å². The lowest BCUT2D eigenvalue weighted by Crippen LogP contribution is -2.62. The Hall–Kier alpha value is -1.14. The Morgan fingerprint density at radius 1 is 1.18 bits per heavy atom. The Morgan fingerprint density at radius 3 is 2.32 bits per heavy atom. The first kappa shape index (κ1) is 17.2. The Kier molecular flexibility index (Phi) is 5.81. The minimum atomic E-state index is -0.671. The Balaban J connectivity index is 2.11. The van der Waals surface area contributed by atoms with E-state index in [0.717, 1.165) is 25.9 Å². The lowest BCUT2D eigenvalue weighted by molar-refractivity contribution is -0.203. The van der Waals surface area contributed by atoms with Crippen molar-refractivity contribution in [1.29, 1.82) is 0 Å². The highest BCUT2D eigenvalue weighted by Gasteiger charge is 2.50. The fourth-order valence-electron chi connectivity index (χ4n) is 3.62. The first-order valence-electron chi connectivity index (χ1n) is 8.23. The van der Waals surface area contributed by atoms with Crippen LogP contribution in [0.1, 0.15) is 40.0 Å². The molecular formula is C16H27NO5. The van der Waals surface area contributed by atoms with E-state index in [2.05, 4.69) is 4.90 Å². The minimum Gasteiger partial charge on any atom is -0.466 e. The molecule has 3 fully saturated rings. The van der Waals surface area contributed by atoms with Crippen molar-refractivity contribution in [2.45, 2.75) is 51.7 Å². The zero-order chi connectivity index (χ0) is 16.2. The summed E-state index contributed by atoms with van der Waals surface area (Å²) < 4.78 is 16.3. The second kappa shape index (κ2) is 7.42. The summed E-state index contributed by atoms with van der Waals surface area (Å²) in [4.78, 5) is 26.2. The molecule has 3 aliphatic heterocycles. The van der Waals surface area contributed by atoms with E-state index in [1.807, 2.05) is 0 Å². The number of ether oxygens (including phenoxy) is 3. The third kappa shape index (κ3) is 3.79. The molecule has 0 aromatic carbocycles. The van der Waals surface area contributed by atoms with Crippen molar-refractivity contribution >= 4 is 11.9 Å². The van der Waals surface area contributed by atoms with Gasteiger partial charge in [-0.05, 0) is 52.6 Å². The number of hydrogen-bond donors (Lipinski definition) is 0. The van der Waals surface area contributed by atoms with E-state index in [-0.39, 0.29) is 18.4 Å². The van der Waals surface area contributed by atoms with Gasteiger partial charge in [0.1, 0.15) is 0 Å². The minimum absolute atomic E-state index is 0.200. The number of carbonyl (C=O) groups is 2. The molecule has 3 saturated heterocycles. The van der Waals surface area contributed by atoms with Crippen LogP contribution >= 0.6 is 0 Å². The van der Waals surface area contributed by atoms with Crippen LogP contribution < -0.4 is 0 Å². The highest BCUT2D eigenvalue weighted by atomic mass is 16.6. The smallest absolute Gasteiger partial charge is 0.334 e. The molecule has 3 aliphatic rings. The number of nitrogens with zero attached hydrogens (tertiary/aromatic N) is 1. The fourth-order valence-corrected chi connectivity index (χ4v) is 3.62. The second-order valence-electron chi connectivity index (χ2n) is 6.11. The molecule has 6 nitrogen and oxygen atoms in total. The quantitative estimate of drug-likeness (QED) is 0.662. The standard InChI is InChI=1S/C16H27NO5/c1-4-20-14(18)10-16(22-12(3)15(19)21-5-2)11-17-8-6-13(16)7-9-17/h12-13H,4-11H2,1-3H3/t12?,16-/m0/s1. The van der Waals surface area contributed by atoms with Crippen molar-refractivity contribution in [1.82, 2.24) is 4.90 Å². The van der Waals surface area contributed by atoms with Crippen LogP contribution in [0.4, 0.5) is 0 Å². The van der Waals surface area contributed by atoms with Crippen LogP contribution in [0, 0.1) is 5.92 Å². The summed E-state index contributed by atoms with van der Waals surface area (Å²) in [5.41, 5.74) is -0.630. The molecule has 6 heteroatoms. The predicted molar refractivity (Wildman–Crippen MR) is 80.3 cm³/mol. The van der Waals surface area contributed by atoms with Gasteiger partial charge in [0.15, 0.2) is 6.10 Å². The van der Waals surface area contributed by atoms with Crippen molar-refractivity contribution in [3.8, 4) is 0 Å². The summed E-state index contributed by atoms with van der Waals surface area (Å²) in [5.74, 6) is -0.340. The van der Waals surface area contributed by atoms with Crippen LogP contribution in [-0.2, 0) is 23.8 Å². The zero-order valence-corrected chi connectivity index (χ0v) is 13.8. The maximum absolute atomic E-state index is 12.0. The topological polar surface area (TPSA) is 65.1 Å². The summed E-state index contributed by atoms with van der Waals surface area (Å²) in [6.45, 7) is 8.70. The van der Waals surface area contributed by atoms with Gasteiger partial charge in [0.25, 0.3) is 0 Å². The van der Waals surface area contributed by atoms with E-state index in [1.54, 1.807) is 20.8 Å². The molecule has 3 rings (SSSR count). The van der Waals surface area contributed by atoms with E-state index < -0.39 is 11.7 Å². The molecule has 0 aromatic heterocycles. The predicted octanol–water partition coefficient (Wildman–Crippen LogP) is 1.37. The Bertz CT molecular complexity index is 405. The van der Waals surface area contributed by atoms with Crippen molar-refractivity contribution < 1.29 is 23.8 Å². The summed E-state index contributed by atoms with van der Waals surface area (Å²) >= 11 is 0. The van der Waals surface area contributed by atoms with E-state index in [0.29, 0.717) is 25.7 Å². The molecule has 0 N–H and O–H groups in total. The average Bonchev–Trinajstić information content (AvgIpc) is 2.48. The van der Waals surface area contributed by atoms with Gasteiger partial charge in [-0.2, -0.15) is 0 Å². The molecule has 0 spiro atoms. The molecule has 0 aromatic rings. The van der Waals surface area contributed by atoms with Crippen molar-refractivity contribution in [2.24, 2.45) is 5.92 Å². The highest BCUT2D eigenvalue weighted by molar-refractivity contribution is 5.74. The van der Waals surface area contributed by atoms with Crippen molar-refractivity contribution in [3.05, 3.63) is 0 Å². The lowest BCUT2D eigenvalue weighted by atomic mass is 9.73. The van der Waals surface area contributed by atoms with E-state index in [9.17, 15) is 9.59 Å². The molecule has 126 valence electrons. The maximum Gasteiger partial charge on any atom is 0.334 e. The number of fused-ring (bicyclic) bond motifs is 3. The normalized spacial score (nSPS) is 31.6. The number of rotatable bonds is 7. The fraction of sp³-hybridized carbons (Fsp3) is 0.875. The van der Waals surface area contributed by atoms with Crippen molar-refractivity contribution in [2.75, 3.05) is 32.8 Å². The molecular weight excluding hydrogens is 286 g/mol. The highest BCUT2D eigenvalue weighted by Crippen LogP contribution is 2.41. The van der Waals surface area contributed by atoms with Gasteiger partial charge in [-0.15, -0.1) is 0 Å². The molecule has 1 unspecified atom stereocenters. The van der Waals surface area contributed by atoms with E-state index >= 15 is 0 Å². The molecule has 3 heterocycles. The SMILES string of the molecule is CCOC(=O)C[C@]1(OC(C)C(=O)OCC)CN2CCC1CC2. The number of hydrogen-bond acceptors (Lipinski definition) is 6.